The molecular weight excluding hydrogens is 370 g/mol. The van der Waals surface area contributed by atoms with E-state index < -0.39 is 21.0 Å². The second-order valence-electron chi connectivity index (χ2n) is 6.55. The molecule has 1 amide bonds. The molecule has 1 fully saturated rings. The minimum atomic E-state index is -3.88. The van der Waals surface area contributed by atoms with E-state index in [9.17, 15) is 23.3 Å². The number of sulfonamides is 1. The first-order valence-corrected chi connectivity index (χ1v) is 9.80. The van der Waals surface area contributed by atoms with Gasteiger partial charge in [0.05, 0.1) is 9.82 Å². The molecule has 2 aromatic rings. The highest BCUT2D eigenvalue weighted by Gasteiger charge is 2.33. The van der Waals surface area contributed by atoms with E-state index in [0.29, 0.717) is 0 Å². The van der Waals surface area contributed by atoms with E-state index in [1.807, 2.05) is 32.0 Å². The molecule has 0 saturated carbocycles. The van der Waals surface area contributed by atoms with Gasteiger partial charge in [0.1, 0.15) is 0 Å². The van der Waals surface area contributed by atoms with Crippen LogP contribution >= 0.6 is 0 Å². The topological polar surface area (TPSA) is 110 Å². The van der Waals surface area contributed by atoms with Crippen LogP contribution in [-0.4, -0.2) is 31.8 Å². The van der Waals surface area contributed by atoms with E-state index in [-0.39, 0.29) is 29.5 Å². The molecule has 1 aliphatic rings. The fourth-order valence-corrected chi connectivity index (χ4v) is 4.19. The van der Waals surface area contributed by atoms with Crippen LogP contribution in [0.1, 0.15) is 17.5 Å². The number of amides is 1. The third-order valence-corrected chi connectivity index (χ3v) is 6.14. The van der Waals surface area contributed by atoms with Crippen molar-refractivity contribution in [2.75, 3.05) is 11.4 Å². The second-order valence-corrected chi connectivity index (χ2v) is 8.26. The molecule has 27 heavy (non-hydrogen) atoms. The Labute approximate surface area is 157 Å². The van der Waals surface area contributed by atoms with Crippen molar-refractivity contribution in [2.45, 2.75) is 31.2 Å². The fourth-order valence-electron chi connectivity index (χ4n) is 2.96. The minimum Gasteiger partial charge on any atom is -0.311 e. The summed E-state index contributed by atoms with van der Waals surface area (Å²) in [5, 5.41) is 10.7. The number of nitro groups is 1. The molecule has 1 saturated heterocycles. The van der Waals surface area contributed by atoms with Crippen molar-refractivity contribution in [2.24, 2.45) is 0 Å². The number of hydrogen-bond donors (Lipinski definition) is 1. The predicted molar refractivity (Wildman–Crippen MR) is 100 cm³/mol. The van der Waals surface area contributed by atoms with Crippen LogP contribution in [0, 0.1) is 24.0 Å². The van der Waals surface area contributed by atoms with Gasteiger partial charge in [-0.1, -0.05) is 6.07 Å². The Morgan fingerprint density at radius 3 is 2.37 bits per heavy atom. The van der Waals surface area contributed by atoms with Crippen LogP contribution in [-0.2, 0) is 14.8 Å². The maximum Gasteiger partial charge on any atom is 0.269 e. The van der Waals surface area contributed by atoms with Crippen molar-refractivity contribution < 1.29 is 18.1 Å². The number of hydrogen-bond acceptors (Lipinski definition) is 5. The monoisotopic (exact) mass is 389 g/mol. The summed E-state index contributed by atoms with van der Waals surface area (Å²) in [6, 6.07) is 9.72. The lowest BCUT2D eigenvalue weighted by molar-refractivity contribution is -0.384. The van der Waals surface area contributed by atoms with Gasteiger partial charge in [0.2, 0.25) is 15.9 Å². The molecule has 1 unspecified atom stereocenters. The summed E-state index contributed by atoms with van der Waals surface area (Å²) in [4.78, 5) is 23.9. The average molecular weight is 389 g/mol. The average Bonchev–Trinajstić information content (AvgIpc) is 2.97. The molecule has 8 nitrogen and oxygen atoms in total. The van der Waals surface area contributed by atoms with Gasteiger partial charge >= 0.3 is 0 Å². The van der Waals surface area contributed by atoms with E-state index in [1.165, 1.54) is 12.1 Å². The van der Waals surface area contributed by atoms with Crippen molar-refractivity contribution in [1.29, 1.82) is 0 Å². The van der Waals surface area contributed by atoms with E-state index >= 15 is 0 Å². The molecule has 3 rings (SSSR count). The Morgan fingerprint density at radius 2 is 1.78 bits per heavy atom. The molecule has 0 spiro atoms. The summed E-state index contributed by atoms with van der Waals surface area (Å²) in [5.41, 5.74) is 2.71. The van der Waals surface area contributed by atoms with E-state index in [1.54, 1.807) is 4.90 Å². The van der Waals surface area contributed by atoms with Crippen molar-refractivity contribution in [1.82, 2.24) is 4.72 Å². The number of aryl methyl sites for hydroxylation is 2. The highest BCUT2D eigenvalue weighted by atomic mass is 32.2. The number of anilines is 1. The van der Waals surface area contributed by atoms with Crippen molar-refractivity contribution in [3.8, 4) is 0 Å². The zero-order valence-electron chi connectivity index (χ0n) is 14.9. The summed E-state index contributed by atoms with van der Waals surface area (Å²) in [6.07, 6.45) is 0.0547. The van der Waals surface area contributed by atoms with Crippen LogP contribution in [0.2, 0.25) is 0 Å². The molecule has 2 aromatic carbocycles. The molecule has 9 heteroatoms. The summed E-state index contributed by atoms with van der Waals surface area (Å²) in [7, 11) is -3.88. The highest BCUT2D eigenvalue weighted by Crippen LogP contribution is 2.25. The number of nitro benzene ring substituents is 1. The van der Waals surface area contributed by atoms with Crippen LogP contribution in [0.5, 0.6) is 0 Å². The van der Waals surface area contributed by atoms with Gasteiger partial charge in [-0.15, -0.1) is 0 Å². The van der Waals surface area contributed by atoms with Gasteiger partial charge in [-0.25, -0.2) is 13.1 Å². The van der Waals surface area contributed by atoms with E-state index in [2.05, 4.69) is 4.72 Å². The zero-order valence-corrected chi connectivity index (χ0v) is 15.7. The minimum absolute atomic E-state index is 0.0547. The SMILES string of the molecule is Cc1ccc(N2CC(NS(=O)(=O)c3ccc([N+](=O)[O-])cc3)CC2=O)cc1C. The molecule has 0 aromatic heterocycles. The predicted octanol–water partition coefficient (Wildman–Crippen LogP) is 2.30. The molecule has 1 atom stereocenters. The van der Waals surface area contributed by atoms with Crippen LogP contribution in [0.25, 0.3) is 0 Å². The van der Waals surface area contributed by atoms with Gasteiger partial charge in [0, 0.05) is 36.8 Å². The summed E-state index contributed by atoms with van der Waals surface area (Å²) >= 11 is 0. The number of carbonyl (C=O) groups excluding carboxylic acids is 1. The summed E-state index contributed by atoms with van der Waals surface area (Å²) in [5.74, 6) is -0.158. The molecule has 1 aliphatic heterocycles. The third-order valence-electron chi connectivity index (χ3n) is 4.61. The maximum absolute atomic E-state index is 12.5. The van der Waals surface area contributed by atoms with Gasteiger partial charge in [0.15, 0.2) is 0 Å². The third kappa shape index (κ3) is 3.99. The van der Waals surface area contributed by atoms with Crippen molar-refractivity contribution in [3.63, 3.8) is 0 Å². The van der Waals surface area contributed by atoms with Gasteiger partial charge in [-0.2, -0.15) is 0 Å². The Kier molecular flexibility index (Phi) is 4.99. The fraction of sp³-hybridized carbons (Fsp3) is 0.278. The molecule has 142 valence electrons. The highest BCUT2D eigenvalue weighted by molar-refractivity contribution is 7.89. The number of rotatable bonds is 5. The molecule has 0 radical (unpaired) electrons. The number of nitrogens with zero attached hydrogens (tertiary/aromatic N) is 2. The van der Waals surface area contributed by atoms with Gasteiger partial charge in [-0.3, -0.25) is 14.9 Å². The quantitative estimate of drug-likeness (QED) is 0.623. The number of non-ortho nitro benzene ring substituents is 1. The molecule has 0 aliphatic carbocycles. The van der Waals surface area contributed by atoms with Gasteiger partial charge in [0.25, 0.3) is 5.69 Å². The van der Waals surface area contributed by atoms with Gasteiger partial charge < -0.3 is 4.90 Å². The second kappa shape index (κ2) is 7.09. The molecular formula is C18H19N3O5S. The zero-order chi connectivity index (χ0) is 19.8. The molecule has 1 N–H and O–H groups in total. The smallest absolute Gasteiger partial charge is 0.269 e. The van der Waals surface area contributed by atoms with Crippen LogP contribution < -0.4 is 9.62 Å². The van der Waals surface area contributed by atoms with Crippen molar-refractivity contribution in [3.05, 3.63) is 63.7 Å². The number of carbonyl (C=O) groups is 1. The van der Waals surface area contributed by atoms with Gasteiger partial charge in [-0.05, 0) is 49.2 Å². The Hall–Kier alpha value is -2.78. The van der Waals surface area contributed by atoms with Crippen LogP contribution in [0.4, 0.5) is 11.4 Å². The molecule has 1 heterocycles. The summed E-state index contributed by atoms with van der Waals surface area (Å²) < 4.78 is 27.5. The van der Waals surface area contributed by atoms with Crippen molar-refractivity contribution >= 4 is 27.3 Å². The van der Waals surface area contributed by atoms with E-state index in [0.717, 1.165) is 28.9 Å². The lowest BCUT2D eigenvalue weighted by Gasteiger charge is -2.18. The summed E-state index contributed by atoms with van der Waals surface area (Å²) in [6.45, 7) is 4.16. The first-order valence-electron chi connectivity index (χ1n) is 8.32. The van der Waals surface area contributed by atoms with Crippen LogP contribution in [0.15, 0.2) is 47.4 Å². The van der Waals surface area contributed by atoms with Crippen LogP contribution in [0.3, 0.4) is 0 Å². The lowest BCUT2D eigenvalue weighted by atomic mass is 10.1. The number of benzene rings is 2. The Morgan fingerprint density at radius 1 is 1.11 bits per heavy atom. The standard InChI is InChI=1S/C18H19N3O5S/c1-12-3-4-16(9-13(12)2)20-11-14(10-18(20)22)19-27(25,26)17-7-5-15(6-8-17)21(23)24/h3-9,14,19H,10-11H2,1-2H3. The first-order chi connectivity index (χ1) is 12.7. The normalized spacial score (nSPS) is 17.3. The molecule has 0 bridgehead atoms. The van der Waals surface area contributed by atoms with E-state index in [4.69, 9.17) is 0 Å². The number of nitrogens with one attached hydrogen (secondary N) is 1. The largest absolute Gasteiger partial charge is 0.311 e. The lowest BCUT2D eigenvalue weighted by Crippen LogP contribution is -2.37. The first kappa shape index (κ1) is 19.0. The maximum atomic E-state index is 12.5. The Bertz CT molecular complexity index is 1000. The Balaban J connectivity index is 1.75.